The molecule has 28 heteroatoms. The Morgan fingerprint density at radius 3 is 1.47 bits per heavy atom. The highest BCUT2D eigenvalue weighted by Crippen LogP contribution is 2.35. The second-order valence-corrected chi connectivity index (χ2v) is 23.3. The van der Waals surface area contributed by atoms with E-state index in [9.17, 15) is 58.2 Å². The molecular weight excluding hydrogens is 1200 g/mol. The number of carbonyl (C=O) groups excluding carboxylic acids is 9. The first-order valence-electron chi connectivity index (χ1n) is 29.2. The van der Waals surface area contributed by atoms with Gasteiger partial charge in [0.15, 0.2) is 11.6 Å². The fourth-order valence-corrected chi connectivity index (χ4v) is 10.6. The number of nitrogens with one attached hydrogen (secondary N) is 2. The summed E-state index contributed by atoms with van der Waals surface area (Å²) < 4.78 is 23.3. The van der Waals surface area contributed by atoms with Gasteiger partial charge in [0.1, 0.15) is 23.8 Å². The number of aliphatic carboxylic acids is 1. The molecule has 0 unspecified atom stereocenters. The molecule has 28 nitrogen and oxygen atoms in total. The third-order valence-electron chi connectivity index (χ3n) is 15.8. The van der Waals surface area contributed by atoms with Gasteiger partial charge < -0.3 is 58.7 Å². The Labute approximate surface area is 533 Å². The highest BCUT2D eigenvalue weighted by molar-refractivity contribution is 6.46. The highest BCUT2D eigenvalue weighted by Gasteiger charge is 2.41. The maximum atomic E-state index is 13.6. The zero-order chi connectivity index (χ0) is 66.3. The average molecular weight is 1280 g/mol. The zero-order valence-corrected chi connectivity index (χ0v) is 51.7. The molecule has 11 rings (SSSR count). The number of H-pyrrole nitrogens is 2. The molecule has 93 heavy (non-hydrogen) atoms. The Morgan fingerprint density at radius 1 is 0.667 bits per heavy atom. The minimum atomic E-state index is -1.27. The molecule has 0 saturated carbocycles. The van der Waals surface area contributed by atoms with Crippen molar-refractivity contribution in [2.75, 3.05) is 53.5 Å². The van der Waals surface area contributed by atoms with Crippen molar-refractivity contribution in [1.29, 1.82) is 0 Å². The van der Waals surface area contributed by atoms with Gasteiger partial charge in [-0.2, -0.15) is 10.2 Å². The first-order chi connectivity index (χ1) is 43.8. The lowest BCUT2D eigenvalue weighted by Crippen LogP contribution is -2.56. The summed E-state index contributed by atoms with van der Waals surface area (Å²) in [4.78, 5) is 145. The molecule has 3 fully saturated rings. The molecule has 4 N–H and O–H groups in total. The number of esters is 3. The van der Waals surface area contributed by atoms with E-state index in [4.69, 9.17) is 14.2 Å². The van der Waals surface area contributed by atoms with E-state index in [1.165, 1.54) is 72.0 Å². The number of amides is 4. The van der Waals surface area contributed by atoms with E-state index in [1.807, 2.05) is 38.1 Å². The molecule has 3 saturated heterocycles. The molecule has 2 aromatic carbocycles. The van der Waals surface area contributed by atoms with Crippen LogP contribution in [0, 0.1) is 10.8 Å². The number of rotatable bonds is 16. The fourth-order valence-electron chi connectivity index (χ4n) is 10.6. The number of aromatic amines is 2. The number of pyridine rings is 2. The average Bonchev–Trinajstić information content (AvgIpc) is 1.77. The van der Waals surface area contributed by atoms with Crippen LogP contribution in [0.5, 0.6) is 11.5 Å². The van der Waals surface area contributed by atoms with Crippen molar-refractivity contribution in [3.05, 3.63) is 144 Å². The summed E-state index contributed by atoms with van der Waals surface area (Å²) in [6.45, 7) is 11.1. The molecule has 2 atom stereocenters. The number of hydrogen-bond donors (Lipinski definition) is 4. The van der Waals surface area contributed by atoms with Gasteiger partial charge in [0.2, 0.25) is 0 Å². The molecule has 0 bridgehead atoms. The van der Waals surface area contributed by atoms with Crippen LogP contribution in [0.4, 0.5) is 0 Å². The lowest BCUT2D eigenvalue weighted by Gasteiger charge is -2.39. The lowest BCUT2D eigenvalue weighted by molar-refractivity contribution is -0.157. The van der Waals surface area contributed by atoms with Gasteiger partial charge in [-0.25, -0.2) is 19.3 Å². The van der Waals surface area contributed by atoms with Gasteiger partial charge in [-0.15, -0.1) is 0 Å². The number of cyclic esters (lactones) is 2. The number of nitrogens with zero attached hydrogens (tertiary/aromatic N) is 10. The molecule has 3 aliphatic rings. The first kappa shape index (κ1) is 68.0. The number of carbonyl (C=O) groups is 10. The predicted octanol–water partition coefficient (Wildman–Crippen LogP) is 5.78. The monoisotopic (exact) mass is 1280 g/mol. The summed E-state index contributed by atoms with van der Waals surface area (Å²) in [6, 6.07) is 20.6. The number of carboxylic acid groups (broad SMARTS) is 1. The quantitative estimate of drug-likeness (QED) is 0.0385. The topological polar surface area (TPSA) is 354 Å². The van der Waals surface area contributed by atoms with Crippen molar-refractivity contribution in [1.82, 2.24) is 59.1 Å². The Morgan fingerprint density at radius 2 is 1.11 bits per heavy atom. The van der Waals surface area contributed by atoms with Crippen LogP contribution < -0.4 is 9.47 Å². The number of piperazine rings is 2. The number of methoxy groups -OCH3 is 2. The SMILES string of the molecule is C.CC1(C)CC(=O)OC1=O.COc1cnc(-n2ccc(CO)n2)c2[nH]cc(C(=O)C(=O)N3CCN(C(=O)c4ccccc4)[C@H](C)C3)c12.COc1cnc(-n2ccc(COC(=O)CC(C)(C)C(=O)O)n2)c2[nH]cc(C(=O)C(=O)N3CCN(C(=O)c4ccccc4)[C@H](C)C3)c12. The molecule has 3 aliphatic heterocycles. The largest absolute Gasteiger partial charge is 0.494 e. The van der Waals surface area contributed by atoms with E-state index in [-0.39, 0.29) is 107 Å². The summed E-state index contributed by atoms with van der Waals surface area (Å²) >= 11 is 0. The summed E-state index contributed by atoms with van der Waals surface area (Å²) in [6.07, 6.45) is 8.91. The third-order valence-corrected chi connectivity index (χ3v) is 15.8. The number of ketones is 2. The van der Waals surface area contributed by atoms with Crippen LogP contribution in [-0.4, -0.2) is 194 Å². The summed E-state index contributed by atoms with van der Waals surface area (Å²) in [5.74, 6) is -4.33. The van der Waals surface area contributed by atoms with Crippen LogP contribution >= 0.6 is 0 Å². The maximum Gasteiger partial charge on any atom is 0.319 e. The number of hydrogen-bond acceptors (Lipinski definition) is 19. The standard InChI is InChI=1S/C32H34N6O8.C26H26N6O5.C6H8O3.CH4/c1-19-17-36(12-13-37(19)29(41)20-8-6-5-7-9-20)30(42)27(40)22-15-33-26-25(22)23(45-4)16-34-28(26)38-11-10-21(35-38)18-46-24(39)14-32(2,3)31(43)44;1-16-14-30(10-11-31(16)25(35)17-6-4-3-5-7-17)26(36)23(34)19-12-27-22-21(19)20(37-2)13-28-24(22)32-9-8-18(15-33)29-32;1-6(2)3-4(7)9-5(6)8;/h5-11,15-16,19,33H,12-14,17-18H2,1-4H3,(H,43,44);3-9,12-13,16,27,33H,10-11,14-15H2,1-2H3;3H2,1-2H3;1H4/t19-;16-;;/m11../s1. The van der Waals surface area contributed by atoms with Gasteiger partial charge in [-0.05, 0) is 77.9 Å². The van der Waals surface area contributed by atoms with E-state index < -0.39 is 58.1 Å². The number of fused-ring (bicyclic) bond motifs is 2. The maximum absolute atomic E-state index is 13.6. The predicted molar refractivity (Wildman–Crippen MR) is 333 cm³/mol. The number of benzene rings is 2. The Balaban J connectivity index is 0.000000211. The van der Waals surface area contributed by atoms with Crippen LogP contribution in [0.15, 0.2) is 110 Å². The van der Waals surface area contributed by atoms with Gasteiger partial charge in [0.25, 0.3) is 35.2 Å². The highest BCUT2D eigenvalue weighted by atomic mass is 16.6. The van der Waals surface area contributed by atoms with Crippen LogP contribution in [0.25, 0.3) is 33.4 Å². The molecule has 0 aliphatic carbocycles. The van der Waals surface area contributed by atoms with Crippen LogP contribution in [0.1, 0.15) is 115 Å². The van der Waals surface area contributed by atoms with Gasteiger partial charge >= 0.3 is 23.9 Å². The first-order valence-corrected chi connectivity index (χ1v) is 29.2. The molecule has 0 spiro atoms. The van der Waals surface area contributed by atoms with E-state index in [2.05, 4.69) is 34.9 Å². The van der Waals surface area contributed by atoms with Crippen molar-refractivity contribution in [3.63, 3.8) is 0 Å². The number of aromatic nitrogens is 8. The van der Waals surface area contributed by atoms with Gasteiger partial charge in [-0.1, -0.05) is 43.8 Å². The Bertz CT molecular complexity index is 4150. The molecule has 9 heterocycles. The second-order valence-electron chi connectivity index (χ2n) is 23.3. The third kappa shape index (κ3) is 14.7. The fraction of sp³-hybridized carbons (Fsp3) is 0.354. The second kappa shape index (κ2) is 28.5. The van der Waals surface area contributed by atoms with E-state index in [1.54, 1.807) is 84.6 Å². The summed E-state index contributed by atoms with van der Waals surface area (Å²) in [5.41, 5.74) is 1.24. The van der Waals surface area contributed by atoms with Crippen LogP contribution in [0.3, 0.4) is 0 Å². The van der Waals surface area contributed by atoms with E-state index >= 15 is 0 Å². The smallest absolute Gasteiger partial charge is 0.319 e. The number of carboxylic acids is 1. The van der Waals surface area contributed by atoms with E-state index in [0.29, 0.717) is 68.3 Å². The minimum absolute atomic E-state index is 0. The van der Waals surface area contributed by atoms with E-state index in [0.717, 1.165) is 0 Å². The molecule has 6 aromatic heterocycles. The Hall–Kier alpha value is -10.9. The molecule has 0 radical (unpaired) electrons. The van der Waals surface area contributed by atoms with Crippen molar-refractivity contribution < 1.29 is 77.1 Å². The van der Waals surface area contributed by atoms with Crippen molar-refractivity contribution in [2.24, 2.45) is 10.8 Å². The summed E-state index contributed by atoms with van der Waals surface area (Å²) in [5, 5.41) is 28.0. The van der Waals surface area contributed by atoms with Crippen molar-refractivity contribution >= 4 is 80.9 Å². The lowest BCUT2D eigenvalue weighted by atomic mass is 9.90. The van der Waals surface area contributed by atoms with Crippen molar-refractivity contribution in [2.45, 2.75) is 87.1 Å². The minimum Gasteiger partial charge on any atom is -0.494 e. The van der Waals surface area contributed by atoms with Crippen LogP contribution in [0.2, 0.25) is 0 Å². The van der Waals surface area contributed by atoms with Gasteiger partial charge in [0, 0.05) is 87.3 Å². The number of aliphatic hydroxyl groups excluding tert-OH is 1. The molecule has 4 amide bonds. The zero-order valence-electron chi connectivity index (χ0n) is 51.7. The number of Topliss-reactive ketones (excluding diaryl/α,β-unsaturated/α-hetero) is 2. The summed E-state index contributed by atoms with van der Waals surface area (Å²) in [7, 11) is 2.89. The molecule has 488 valence electrons. The number of aliphatic hydroxyl groups is 1. The molecular formula is C65H72N12O16. The van der Waals surface area contributed by atoms with Gasteiger partial charge in [-0.3, -0.25) is 47.9 Å². The molecule has 8 aromatic rings. The Kier molecular flexibility index (Phi) is 20.9. The van der Waals surface area contributed by atoms with Gasteiger partial charge in [0.05, 0.1) is 95.5 Å². The van der Waals surface area contributed by atoms with Crippen molar-refractivity contribution in [3.8, 4) is 23.1 Å². The normalized spacial score (nSPS) is 16.1. The number of ether oxygens (including phenoxy) is 4. The van der Waals surface area contributed by atoms with Crippen LogP contribution in [-0.2, 0) is 51.5 Å².